The number of anilines is 1. The Morgan fingerprint density at radius 1 is 1.11 bits per heavy atom. The first-order chi connectivity index (χ1) is 9.09. The molecular weight excluding hydrogens is 260 g/mol. The Hall–Kier alpha value is -1.07. The molecule has 0 saturated heterocycles. The van der Waals surface area contributed by atoms with Crippen LogP contribution in [0.15, 0.2) is 30.3 Å². The number of benzene rings is 1. The predicted molar refractivity (Wildman–Crippen MR) is 81.3 cm³/mol. The molecule has 0 unspecified atom stereocenters. The second-order valence-corrected chi connectivity index (χ2v) is 7.03. The number of nitrogens with zero attached hydrogens (tertiary/aromatic N) is 1. The molecule has 0 aromatic heterocycles. The number of hydrogen-bond acceptors (Lipinski definition) is 4. The van der Waals surface area contributed by atoms with Gasteiger partial charge in [-0.2, -0.15) is 0 Å². The minimum absolute atomic E-state index is 0.223. The van der Waals surface area contributed by atoms with E-state index in [1.54, 1.807) is 6.92 Å². The molecule has 0 aliphatic rings. The topological polar surface area (TPSA) is 63.4 Å². The summed E-state index contributed by atoms with van der Waals surface area (Å²) in [4.78, 5) is 2.21. The second-order valence-electron chi connectivity index (χ2n) is 4.55. The van der Waals surface area contributed by atoms with Gasteiger partial charge in [0, 0.05) is 24.5 Å². The van der Waals surface area contributed by atoms with Gasteiger partial charge in [0.15, 0.2) is 0 Å². The zero-order valence-electron chi connectivity index (χ0n) is 11.6. The van der Waals surface area contributed by atoms with Gasteiger partial charge in [-0.3, -0.25) is 0 Å². The summed E-state index contributed by atoms with van der Waals surface area (Å²) in [6.07, 6.45) is 1.57. The van der Waals surface area contributed by atoms with E-state index in [0.717, 1.165) is 25.2 Å². The van der Waals surface area contributed by atoms with Crippen molar-refractivity contribution in [1.82, 2.24) is 0 Å². The third kappa shape index (κ3) is 6.07. The highest BCUT2D eigenvalue weighted by Gasteiger charge is 2.10. The highest BCUT2D eigenvalue weighted by atomic mass is 32.2. The SMILES string of the molecule is CCS(=O)(=O)CCCN(CCCN)c1ccccc1. The molecule has 0 radical (unpaired) electrons. The number of hydrogen-bond donors (Lipinski definition) is 1. The zero-order valence-corrected chi connectivity index (χ0v) is 12.4. The van der Waals surface area contributed by atoms with E-state index in [9.17, 15) is 8.42 Å². The third-order valence-corrected chi connectivity index (χ3v) is 4.87. The van der Waals surface area contributed by atoms with Crippen molar-refractivity contribution >= 4 is 15.5 Å². The molecule has 1 aromatic carbocycles. The fourth-order valence-electron chi connectivity index (χ4n) is 1.91. The van der Waals surface area contributed by atoms with E-state index in [4.69, 9.17) is 5.73 Å². The molecule has 0 bridgehead atoms. The van der Waals surface area contributed by atoms with Crippen LogP contribution in [0.1, 0.15) is 19.8 Å². The number of nitrogens with two attached hydrogens (primary N) is 1. The van der Waals surface area contributed by atoms with Crippen LogP contribution in [0.5, 0.6) is 0 Å². The van der Waals surface area contributed by atoms with Crippen LogP contribution in [0.2, 0.25) is 0 Å². The maximum absolute atomic E-state index is 11.5. The molecule has 19 heavy (non-hydrogen) atoms. The Balaban J connectivity index is 2.56. The lowest BCUT2D eigenvalue weighted by molar-refractivity contribution is 0.593. The molecule has 2 N–H and O–H groups in total. The van der Waals surface area contributed by atoms with Gasteiger partial charge in [-0.25, -0.2) is 8.42 Å². The lowest BCUT2D eigenvalue weighted by atomic mass is 10.2. The monoisotopic (exact) mass is 284 g/mol. The highest BCUT2D eigenvalue weighted by molar-refractivity contribution is 7.91. The molecule has 0 aliphatic carbocycles. The summed E-state index contributed by atoms with van der Waals surface area (Å²) in [5.74, 6) is 0.483. The molecule has 0 heterocycles. The number of para-hydroxylation sites is 1. The van der Waals surface area contributed by atoms with Crippen molar-refractivity contribution < 1.29 is 8.42 Å². The quantitative estimate of drug-likeness (QED) is 0.749. The highest BCUT2D eigenvalue weighted by Crippen LogP contribution is 2.14. The summed E-state index contributed by atoms with van der Waals surface area (Å²) in [5.41, 5.74) is 6.68. The van der Waals surface area contributed by atoms with E-state index >= 15 is 0 Å². The van der Waals surface area contributed by atoms with Gasteiger partial charge in [-0.1, -0.05) is 25.1 Å². The Morgan fingerprint density at radius 2 is 1.74 bits per heavy atom. The van der Waals surface area contributed by atoms with Gasteiger partial charge in [0.25, 0.3) is 0 Å². The molecule has 0 atom stereocenters. The zero-order chi connectivity index (χ0) is 14.1. The lowest BCUT2D eigenvalue weighted by Gasteiger charge is -2.24. The summed E-state index contributed by atoms with van der Waals surface area (Å²) >= 11 is 0. The summed E-state index contributed by atoms with van der Waals surface area (Å²) in [5, 5.41) is 0. The first-order valence-corrected chi connectivity index (χ1v) is 8.61. The maximum atomic E-state index is 11.5. The molecule has 0 amide bonds. The first kappa shape index (κ1) is 16.0. The van der Waals surface area contributed by atoms with Gasteiger partial charge in [0.05, 0.1) is 5.75 Å². The van der Waals surface area contributed by atoms with Crippen molar-refractivity contribution in [3.8, 4) is 0 Å². The van der Waals surface area contributed by atoms with Gasteiger partial charge in [0.2, 0.25) is 0 Å². The Bertz CT molecular complexity index is 446. The third-order valence-electron chi connectivity index (χ3n) is 3.08. The van der Waals surface area contributed by atoms with Gasteiger partial charge in [0.1, 0.15) is 9.84 Å². The molecule has 0 saturated carbocycles. The average Bonchev–Trinajstić information content (AvgIpc) is 2.43. The molecule has 0 aliphatic heterocycles. The molecule has 4 nitrogen and oxygen atoms in total. The van der Waals surface area contributed by atoms with Crippen molar-refractivity contribution in [3.05, 3.63) is 30.3 Å². The van der Waals surface area contributed by atoms with Crippen LogP contribution < -0.4 is 10.6 Å². The molecule has 5 heteroatoms. The van der Waals surface area contributed by atoms with Crippen LogP contribution in [-0.2, 0) is 9.84 Å². The second kappa shape index (κ2) is 8.17. The molecule has 0 fully saturated rings. The Labute approximate surface area is 116 Å². The van der Waals surface area contributed by atoms with Crippen LogP contribution in [0.25, 0.3) is 0 Å². The van der Waals surface area contributed by atoms with E-state index in [1.165, 1.54) is 0 Å². The molecular formula is C14H24N2O2S. The van der Waals surface area contributed by atoms with E-state index in [2.05, 4.69) is 4.90 Å². The van der Waals surface area contributed by atoms with Crippen molar-refractivity contribution in [2.75, 3.05) is 36.0 Å². The minimum atomic E-state index is -2.87. The largest absolute Gasteiger partial charge is 0.371 e. The van der Waals surface area contributed by atoms with Crippen LogP contribution in [0.4, 0.5) is 5.69 Å². The molecule has 108 valence electrons. The fourth-order valence-corrected chi connectivity index (χ4v) is 2.77. The predicted octanol–water partition coefficient (Wildman–Crippen LogP) is 1.67. The van der Waals surface area contributed by atoms with Crippen LogP contribution >= 0.6 is 0 Å². The molecule has 1 aromatic rings. The summed E-state index contributed by atoms with van der Waals surface area (Å²) in [6, 6.07) is 10.1. The van der Waals surface area contributed by atoms with Gasteiger partial charge >= 0.3 is 0 Å². The maximum Gasteiger partial charge on any atom is 0.150 e. The Kier molecular flexibility index (Phi) is 6.87. The van der Waals surface area contributed by atoms with Gasteiger partial charge in [-0.15, -0.1) is 0 Å². The van der Waals surface area contributed by atoms with Gasteiger partial charge in [-0.05, 0) is 31.5 Å². The summed E-state index contributed by atoms with van der Waals surface area (Å²) < 4.78 is 23.0. The first-order valence-electron chi connectivity index (χ1n) is 6.79. The number of sulfone groups is 1. The van der Waals surface area contributed by atoms with E-state index in [-0.39, 0.29) is 11.5 Å². The van der Waals surface area contributed by atoms with E-state index < -0.39 is 9.84 Å². The fraction of sp³-hybridized carbons (Fsp3) is 0.571. The number of rotatable bonds is 9. The normalized spacial score (nSPS) is 11.5. The Morgan fingerprint density at radius 3 is 2.32 bits per heavy atom. The van der Waals surface area contributed by atoms with Crippen molar-refractivity contribution in [3.63, 3.8) is 0 Å². The molecule has 1 rings (SSSR count). The average molecular weight is 284 g/mol. The lowest BCUT2D eigenvalue weighted by Crippen LogP contribution is -2.28. The van der Waals surface area contributed by atoms with Crippen LogP contribution in [0, 0.1) is 0 Å². The van der Waals surface area contributed by atoms with Crippen molar-refractivity contribution in [2.24, 2.45) is 5.73 Å². The summed E-state index contributed by atoms with van der Waals surface area (Å²) in [6.45, 7) is 3.96. The van der Waals surface area contributed by atoms with Crippen LogP contribution in [0.3, 0.4) is 0 Å². The smallest absolute Gasteiger partial charge is 0.150 e. The van der Waals surface area contributed by atoms with Crippen LogP contribution in [-0.4, -0.2) is 39.6 Å². The standard InChI is InChI=1S/C14H24N2O2S/c1-2-19(17,18)13-7-12-16(11-6-10-15)14-8-4-3-5-9-14/h3-5,8-9H,2,6-7,10-13,15H2,1H3. The van der Waals surface area contributed by atoms with E-state index in [1.807, 2.05) is 30.3 Å². The van der Waals surface area contributed by atoms with Crippen molar-refractivity contribution in [2.45, 2.75) is 19.8 Å². The minimum Gasteiger partial charge on any atom is -0.371 e. The van der Waals surface area contributed by atoms with Crippen molar-refractivity contribution in [1.29, 1.82) is 0 Å². The summed E-state index contributed by atoms with van der Waals surface area (Å²) in [7, 11) is -2.87. The van der Waals surface area contributed by atoms with Gasteiger partial charge < -0.3 is 10.6 Å². The molecule has 0 spiro atoms. The van der Waals surface area contributed by atoms with E-state index in [0.29, 0.717) is 13.0 Å².